The standard InChI is InChI=1S/C14H10Cl2FNOS/c15-11-2-1-3-12(16)10(11)7-19-8-4-5-9(14(18)20)13(17)6-8/h1-6H,7H2,(H2,18,20). The molecule has 0 atom stereocenters. The molecule has 104 valence electrons. The highest BCUT2D eigenvalue weighted by Gasteiger charge is 2.09. The predicted octanol–water partition coefficient (Wildman–Crippen LogP) is 4.35. The van der Waals surface area contributed by atoms with Crippen LogP contribution in [0.4, 0.5) is 4.39 Å². The van der Waals surface area contributed by atoms with Crippen molar-refractivity contribution in [3.8, 4) is 5.75 Å². The lowest BCUT2D eigenvalue weighted by atomic mass is 10.2. The molecule has 0 radical (unpaired) electrons. The Morgan fingerprint density at radius 3 is 2.40 bits per heavy atom. The third kappa shape index (κ3) is 3.39. The number of hydrogen-bond acceptors (Lipinski definition) is 2. The van der Waals surface area contributed by atoms with Gasteiger partial charge in [0, 0.05) is 27.2 Å². The average molecular weight is 330 g/mol. The maximum Gasteiger partial charge on any atom is 0.137 e. The summed E-state index contributed by atoms with van der Waals surface area (Å²) in [5.41, 5.74) is 6.22. The first-order chi connectivity index (χ1) is 9.49. The van der Waals surface area contributed by atoms with Gasteiger partial charge in [-0.15, -0.1) is 0 Å². The van der Waals surface area contributed by atoms with E-state index in [2.05, 4.69) is 0 Å². The molecule has 2 nitrogen and oxygen atoms in total. The Balaban J connectivity index is 2.16. The molecule has 0 aromatic heterocycles. The minimum atomic E-state index is -0.528. The van der Waals surface area contributed by atoms with E-state index in [4.69, 9.17) is 45.9 Å². The quantitative estimate of drug-likeness (QED) is 0.847. The Morgan fingerprint density at radius 2 is 1.85 bits per heavy atom. The summed E-state index contributed by atoms with van der Waals surface area (Å²) in [5, 5.41) is 0.996. The molecule has 2 rings (SSSR count). The van der Waals surface area contributed by atoms with Crippen LogP contribution >= 0.6 is 35.4 Å². The van der Waals surface area contributed by atoms with E-state index in [0.717, 1.165) is 0 Å². The van der Waals surface area contributed by atoms with Gasteiger partial charge < -0.3 is 10.5 Å². The zero-order valence-electron chi connectivity index (χ0n) is 10.2. The smallest absolute Gasteiger partial charge is 0.137 e. The molecular formula is C14H10Cl2FNOS. The van der Waals surface area contributed by atoms with Gasteiger partial charge in [0.05, 0.1) is 0 Å². The summed E-state index contributed by atoms with van der Waals surface area (Å²) in [4.78, 5) is 0.00296. The van der Waals surface area contributed by atoms with Crippen LogP contribution in [0, 0.1) is 5.82 Å². The highest BCUT2D eigenvalue weighted by atomic mass is 35.5. The van der Waals surface area contributed by atoms with Crippen molar-refractivity contribution in [3.05, 3.63) is 63.4 Å². The molecule has 0 bridgehead atoms. The van der Waals surface area contributed by atoms with Crippen LogP contribution in [0.3, 0.4) is 0 Å². The van der Waals surface area contributed by atoms with Gasteiger partial charge in [0.15, 0.2) is 0 Å². The zero-order chi connectivity index (χ0) is 14.7. The fraction of sp³-hybridized carbons (Fsp3) is 0.0714. The summed E-state index contributed by atoms with van der Waals surface area (Å²) in [6.07, 6.45) is 0. The highest BCUT2D eigenvalue weighted by Crippen LogP contribution is 2.26. The lowest BCUT2D eigenvalue weighted by Crippen LogP contribution is -2.11. The van der Waals surface area contributed by atoms with E-state index in [1.807, 2.05) is 0 Å². The summed E-state index contributed by atoms with van der Waals surface area (Å²) in [6.45, 7) is 0.143. The first-order valence-corrected chi connectivity index (χ1v) is 6.80. The largest absolute Gasteiger partial charge is 0.489 e. The van der Waals surface area contributed by atoms with E-state index >= 15 is 0 Å². The molecule has 2 aromatic carbocycles. The number of benzene rings is 2. The van der Waals surface area contributed by atoms with Crippen molar-refractivity contribution >= 4 is 40.4 Å². The number of thiocarbonyl (C=S) groups is 1. The maximum atomic E-state index is 13.7. The lowest BCUT2D eigenvalue weighted by Gasteiger charge is -2.10. The van der Waals surface area contributed by atoms with Crippen LogP contribution in [-0.2, 0) is 6.61 Å². The molecule has 0 aliphatic heterocycles. The molecule has 0 saturated carbocycles. The van der Waals surface area contributed by atoms with Crippen molar-refractivity contribution in [1.82, 2.24) is 0 Å². The summed E-state index contributed by atoms with van der Waals surface area (Å²) in [7, 11) is 0. The van der Waals surface area contributed by atoms with Crippen LogP contribution < -0.4 is 10.5 Å². The predicted molar refractivity (Wildman–Crippen MR) is 83.1 cm³/mol. The molecule has 0 aliphatic carbocycles. The number of halogens is 3. The zero-order valence-corrected chi connectivity index (χ0v) is 12.5. The van der Waals surface area contributed by atoms with E-state index in [-0.39, 0.29) is 17.2 Å². The Kier molecular flexibility index (Phi) is 4.81. The van der Waals surface area contributed by atoms with Crippen molar-refractivity contribution < 1.29 is 9.13 Å². The Morgan fingerprint density at radius 1 is 1.20 bits per heavy atom. The molecule has 2 aromatic rings. The number of ether oxygens (including phenoxy) is 1. The van der Waals surface area contributed by atoms with Crippen molar-refractivity contribution in [2.75, 3.05) is 0 Å². The minimum Gasteiger partial charge on any atom is -0.489 e. The van der Waals surface area contributed by atoms with E-state index in [9.17, 15) is 4.39 Å². The molecule has 0 spiro atoms. The first-order valence-electron chi connectivity index (χ1n) is 5.64. The van der Waals surface area contributed by atoms with E-state index < -0.39 is 5.82 Å². The van der Waals surface area contributed by atoms with Gasteiger partial charge in [0.25, 0.3) is 0 Å². The van der Waals surface area contributed by atoms with Gasteiger partial charge in [0.1, 0.15) is 23.2 Å². The molecular weight excluding hydrogens is 320 g/mol. The van der Waals surface area contributed by atoms with Gasteiger partial charge in [-0.1, -0.05) is 41.5 Å². The molecule has 6 heteroatoms. The fourth-order valence-corrected chi connectivity index (χ4v) is 2.28. The molecule has 0 aliphatic rings. The van der Waals surface area contributed by atoms with Crippen LogP contribution in [0.15, 0.2) is 36.4 Å². The van der Waals surface area contributed by atoms with Crippen molar-refractivity contribution in [2.45, 2.75) is 6.61 Å². The van der Waals surface area contributed by atoms with Crippen LogP contribution in [0.1, 0.15) is 11.1 Å². The second-order valence-corrected chi connectivity index (χ2v) is 5.25. The Labute approximate surface area is 131 Å². The summed E-state index contributed by atoms with van der Waals surface area (Å²) in [5.74, 6) is -0.182. The van der Waals surface area contributed by atoms with E-state index in [1.54, 1.807) is 24.3 Å². The van der Waals surface area contributed by atoms with Gasteiger partial charge >= 0.3 is 0 Å². The molecule has 20 heavy (non-hydrogen) atoms. The van der Waals surface area contributed by atoms with E-state index in [1.165, 1.54) is 12.1 Å². The van der Waals surface area contributed by atoms with Crippen LogP contribution in [0.5, 0.6) is 5.75 Å². The fourth-order valence-electron chi connectivity index (χ4n) is 1.61. The number of rotatable bonds is 4. The van der Waals surface area contributed by atoms with Gasteiger partial charge in [-0.3, -0.25) is 0 Å². The topological polar surface area (TPSA) is 35.2 Å². The molecule has 2 N–H and O–H groups in total. The second kappa shape index (κ2) is 6.39. The van der Waals surface area contributed by atoms with Crippen molar-refractivity contribution in [2.24, 2.45) is 5.73 Å². The summed E-state index contributed by atoms with van der Waals surface area (Å²) < 4.78 is 19.2. The highest BCUT2D eigenvalue weighted by molar-refractivity contribution is 7.80. The van der Waals surface area contributed by atoms with Crippen LogP contribution in [-0.4, -0.2) is 4.99 Å². The molecule has 0 saturated heterocycles. The van der Waals surface area contributed by atoms with Gasteiger partial charge in [-0.05, 0) is 24.3 Å². The first kappa shape index (κ1) is 15.0. The molecule has 0 amide bonds. The molecule has 0 fully saturated rings. The monoisotopic (exact) mass is 329 g/mol. The summed E-state index contributed by atoms with van der Waals surface area (Å²) >= 11 is 16.8. The van der Waals surface area contributed by atoms with Gasteiger partial charge in [-0.2, -0.15) is 0 Å². The Hall–Kier alpha value is -1.36. The number of hydrogen-bond donors (Lipinski definition) is 1. The molecule has 0 heterocycles. The average Bonchev–Trinajstić information content (AvgIpc) is 2.37. The Bertz CT molecular complexity index is 643. The summed E-state index contributed by atoms with van der Waals surface area (Å²) in [6, 6.07) is 9.44. The third-order valence-corrected chi connectivity index (χ3v) is 3.58. The number of nitrogens with two attached hydrogens (primary N) is 1. The second-order valence-electron chi connectivity index (χ2n) is 3.99. The SMILES string of the molecule is NC(=S)c1ccc(OCc2c(Cl)cccc2Cl)cc1F. The normalized spacial score (nSPS) is 10.3. The van der Waals surface area contributed by atoms with Crippen molar-refractivity contribution in [1.29, 1.82) is 0 Å². The third-order valence-electron chi connectivity index (χ3n) is 2.65. The maximum absolute atomic E-state index is 13.7. The molecule has 0 unspecified atom stereocenters. The van der Waals surface area contributed by atoms with Crippen molar-refractivity contribution in [3.63, 3.8) is 0 Å². The lowest BCUT2D eigenvalue weighted by molar-refractivity contribution is 0.305. The van der Waals surface area contributed by atoms with Crippen LogP contribution in [0.2, 0.25) is 10.0 Å². The minimum absolute atomic E-state index is 0.00296. The van der Waals surface area contributed by atoms with Gasteiger partial charge in [0.2, 0.25) is 0 Å². The van der Waals surface area contributed by atoms with E-state index in [0.29, 0.717) is 21.4 Å². The van der Waals surface area contributed by atoms with Gasteiger partial charge in [-0.25, -0.2) is 4.39 Å². The van der Waals surface area contributed by atoms with Crippen LogP contribution in [0.25, 0.3) is 0 Å².